The Bertz CT molecular complexity index is 1250. The fourth-order valence-electron chi connectivity index (χ4n) is 4.17. The van der Waals surface area contributed by atoms with Crippen LogP contribution in [-0.4, -0.2) is 108 Å². The lowest BCUT2D eigenvalue weighted by molar-refractivity contribution is -0.314. The van der Waals surface area contributed by atoms with Crippen molar-refractivity contribution >= 4 is 75.0 Å². The normalized spacial score (nSPS) is 11.9. The number of benzene rings is 2. The second-order valence-corrected chi connectivity index (χ2v) is 11.8. The van der Waals surface area contributed by atoms with Crippen LogP contribution in [0.25, 0.3) is 0 Å². The first-order chi connectivity index (χ1) is 20.6. The molecule has 0 saturated heterocycles. The summed E-state index contributed by atoms with van der Waals surface area (Å²) < 4.78 is 7.15. The van der Waals surface area contributed by atoms with Crippen LogP contribution in [0.4, 0.5) is 0 Å². The van der Waals surface area contributed by atoms with Gasteiger partial charge in [0.1, 0.15) is 11.5 Å². The summed E-state index contributed by atoms with van der Waals surface area (Å²) in [5.74, 6) is -6.89. The number of phenolic OH excluding ortho intramolecular Hbond substituents is 1. The van der Waals surface area contributed by atoms with Gasteiger partial charge in [-0.25, -0.2) is 0 Å². The molecule has 1 atom stereocenters. The molecule has 17 heteroatoms. The van der Waals surface area contributed by atoms with Gasteiger partial charge in [0.2, 0.25) is 0 Å². The molecule has 1 N–H and O–H groups in total. The number of hydrogen-bond acceptors (Lipinski definition) is 15. The lowest BCUT2D eigenvalue weighted by Crippen LogP contribution is -2.55. The number of aromatic hydroxyl groups is 1. The molecule has 240 valence electrons. The molecule has 0 spiro atoms. The van der Waals surface area contributed by atoms with Gasteiger partial charge in [0, 0.05) is 52.4 Å². The number of halogens is 2. The Morgan fingerprint density at radius 2 is 1.11 bits per heavy atom. The van der Waals surface area contributed by atoms with Gasteiger partial charge >= 0.3 is 0 Å². The third-order valence-electron chi connectivity index (χ3n) is 6.07. The Morgan fingerprint density at radius 3 is 1.48 bits per heavy atom. The van der Waals surface area contributed by atoms with E-state index in [-0.39, 0.29) is 38.3 Å². The Morgan fingerprint density at radius 1 is 0.705 bits per heavy atom. The van der Waals surface area contributed by atoms with E-state index in [0.29, 0.717) is 24.2 Å². The van der Waals surface area contributed by atoms with E-state index in [9.17, 15) is 54.6 Å². The van der Waals surface area contributed by atoms with Gasteiger partial charge in [-0.2, -0.15) is 0 Å². The van der Waals surface area contributed by atoms with Crippen LogP contribution in [0.3, 0.4) is 0 Å². The summed E-state index contributed by atoms with van der Waals surface area (Å²) in [5, 5.41) is 66.4. The van der Waals surface area contributed by atoms with Gasteiger partial charge in [0.05, 0.1) is 43.0 Å². The van der Waals surface area contributed by atoms with Crippen LogP contribution in [0.5, 0.6) is 17.2 Å². The van der Waals surface area contributed by atoms with Crippen LogP contribution in [0.1, 0.15) is 5.56 Å². The molecule has 0 bridgehead atoms. The maximum atomic E-state index is 12.4. The number of carboxylic acids is 5. The quantitative estimate of drug-likeness (QED) is 0.123. The molecule has 0 saturated carbocycles. The molecule has 0 fully saturated rings. The van der Waals surface area contributed by atoms with Gasteiger partial charge in [-0.15, -0.1) is 0 Å². The standard InChI is InChI=1S/C27H31I2N3O12/c28-19-9-16(10-20(29)26(19)44-18-3-1-17(33)2-4-18)11-21(27(42)43)32(7-5-30(12-22(34)35)13-23(36)37)8-6-31(14-24(38)39)15-25(40)41/h1-4,9-10,21,33H,5-8,11-15H2,(H,34,35)(H,36,37)(H,38,39)(H,40,41)(H,42,43)/p-5/t21-/m0/s1. The zero-order valence-corrected chi connectivity index (χ0v) is 27.3. The molecule has 0 unspecified atom stereocenters. The lowest BCUT2D eigenvalue weighted by Gasteiger charge is -2.36. The second kappa shape index (κ2) is 17.9. The Labute approximate surface area is 278 Å². The molecule has 2 rings (SSSR count). The summed E-state index contributed by atoms with van der Waals surface area (Å²) in [6, 6.07) is 7.97. The van der Waals surface area contributed by atoms with E-state index in [1.165, 1.54) is 17.0 Å². The summed E-state index contributed by atoms with van der Waals surface area (Å²) in [6.45, 7) is -4.20. The first kappa shape index (κ1) is 36.9. The average Bonchev–Trinajstić information content (AvgIpc) is 2.89. The third kappa shape index (κ3) is 13.2. The molecule has 0 aliphatic carbocycles. The first-order valence-electron chi connectivity index (χ1n) is 12.8. The number of rotatable bonds is 20. The SMILES string of the molecule is O=C([O-])CN(CCN(CCN(CC(=O)[O-])CC(=O)[O-])[C@@H](Cc1cc(I)c(Oc2ccc(O)cc2)c(I)c1)C(=O)[O-])CC(=O)[O-]. The van der Waals surface area contributed by atoms with Crippen LogP contribution >= 0.6 is 45.2 Å². The number of hydrogen-bond donors (Lipinski definition) is 1. The average molecular weight is 838 g/mol. The van der Waals surface area contributed by atoms with Crippen LogP contribution < -0.4 is 30.3 Å². The zero-order valence-electron chi connectivity index (χ0n) is 22.9. The zero-order chi connectivity index (χ0) is 33.0. The summed E-state index contributed by atoms with van der Waals surface area (Å²) in [4.78, 5) is 60.1. The first-order valence-corrected chi connectivity index (χ1v) is 14.9. The maximum absolute atomic E-state index is 12.4. The molecular weight excluding hydrogens is 812 g/mol. The van der Waals surface area contributed by atoms with Crippen molar-refractivity contribution in [3.05, 3.63) is 49.1 Å². The molecule has 0 heterocycles. The predicted molar refractivity (Wildman–Crippen MR) is 157 cm³/mol. The summed E-state index contributed by atoms with van der Waals surface area (Å²) >= 11 is 4.01. The van der Waals surface area contributed by atoms with E-state index in [1.807, 2.05) is 45.2 Å². The molecule has 0 aliphatic rings. The molecule has 0 radical (unpaired) electrons. The van der Waals surface area contributed by atoms with E-state index in [2.05, 4.69) is 0 Å². The van der Waals surface area contributed by atoms with E-state index >= 15 is 0 Å². The van der Waals surface area contributed by atoms with Crippen molar-refractivity contribution in [1.82, 2.24) is 14.7 Å². The van der Waals surface area contributed by atoms with Gasteiger partial charge in [0.15, 0.2) is 5.75 Å². The Hall–Kier alpha value is -3.27. The summed E-state index contributed by atoms with van der Waals surface area (Å²) in [6.07, 6.45) is -0.157. The number of aliphatic carboxylic acids is 5. The fraction of sp³-hybridized carbons (Fsp3) is 0.370. The largest absolute Gasteiger partial charge is 0.549 e. The minimum atomic E-state index is -1.58. The molecule has 15 nitrogen and oxygen atoms in total. The molecular formula is C27H26I2N3O12-5. The maximum Gasteiger partial charge on any atom is 0.154 e. The summed E-state index contributed by atoms with van der Waals surface area (Å²) in [5.41, 5.74) is 0.527. The van der Waals surface area contributed by atoms with Crippen LogP contribution in [0, 0.1) is 7.14 Å². The molecule has 0 aromatic heterocycles. The topological polar surface area (TPSA) is 240 Å². The molecule has 44 heavy (non-hydrogen) atoms. The van der Waals surface area contributed by atoms with E-state index in [0.717, 1.165) is 9.80 Å². The third-order valence-corrected chi connectivity index (χ3v) is 7.68. The minimum Gasteiger partial charge on any atom is -0.549 e. The Kier molecular flexibility index (Phi) is 15.0. The highest BCUT2D eigenvalue weighted by molar-refractivity contribution is 14.1. The lowest BCUT2D eigenvalue weighted by atomic mass is 10.0. The predicted octanol–water partition coefficient (Wildman–Crippen LogP) is -5.04. The molecule has 0 amide bonds. The van der Waals surface area contributed by atoms with Crippen molar-refractivity contribution in [1.29, 1.82) is 0 Å². The van der Waals surface area contributed by atoms with Crippen LogP contribution in [0.15, 0.2) is 36.4 Å². The van der Waals surface area contributed by atoms with E-state index in [4.69, 9.17) is 4.74 Å². The minimum absolute atomic E-state index is 0.0553. The van der Waals surface area contributed by atoms with Crippen molar-refractivity contribution in [2.75, 3.05) is 52.4 Å². The van der Waals surface area contributed by atoms with Crippen molar-refractivity contribution in [3.63, 3.8) is 0 Å². The van der Waals surface area contributed by atoms with Gasteiger partial charge in [-0.05, 0) is 93.6 Å². The molecule has 2 aromatic carbocycles. The Balaban J connectivity index is 2.36. The highest BCUT2D eigenvalue weighted by atomic mass is 127. The number of carboxylic acid groups (broad SMARTS) is 5. The van der Waals surface area contributed by atoms with Gasteiger partial charge in [0.25, 0.3) is 0 Å². The smallest absolute Gasteiger partial charge is 0.154 e. The van der Waals surface area contributed by atoms with Gasteiger partial charge < -0.3 is 59.3 Å². The van der Waals surface area contributed by atoms with E-state index in [1.54, 1.807) is 24.3 Å². The number of ether oxygens (including phenoxy) is 1. The number of carbonyl (C=O) groups is 5. The van der Waals surface area contributed by atoms with Crippen LogP contribution in [0.2, 0.25) is 0 Å². The van der Waals surface area contributed by atoms with Crippen molar-refractivity contribution < 1.29 is 59.3 Å². The second-order valence-electron chi connectivity index (χ2n) is 9.47. The van der Waals surface area contributed by atoms with E-state index < -0.39 is 62.1 Å². The summed E-state index contributed by atoms with van der Waals surface area (Å²) in [7, 11) is 0. The van der Waals surface area contributed by atoms with Gasteiger partial charge in [-0.3, -0.25) is 14.7 Å². The number of nitrogens with zero attached hydrogens (tertiary/aromatic N) is 3. The number of carbonyl (C=O) groups excluding carboxylic acids is 5. The van der Waals surface area contributed by atoms with Crippen molar-refractivity contribution in [2.24, 2.45) is 0 Å². The monoisotopic (exact) mass is 838 g/mol. The highest BCUT2D eigenvalue weighted by Gasteiger charge is 2.24. The fourth-order valence-corrected chi connectivity index (χ4v) is 6.28. The molecule has 2 aromatic rings. The van der Waals surface area contributed by atoms with Crippen molar-refractivity contribution in [3.8, 4) is 17.2 Å². The van der Waals surface area contributed by atoms with Gasteiger partial charge in [-0.1, -0.05) is 0 Å². The molecule has 0 aliphatic heterocycles. The van der Waals surface area contributed by atoms with Crippen molar-refractivity contribution in [2.45, 2.75) is 12.5 Å². The highest BCUT2D eigenvalue weighted by Crippen LogP contribution is 2.34. The number of phenols is 1. The van der Waals surface area contributed by atoms with Crippen LogP contribution in [-0.2, 0) is 30.4 Å².